The van der Waals surface area contributed by atoms with Gasteiger partial charge in [-0.05, 0) is 37.3 Å². The van der Waals surface area contributed by atoms with E-state index < -0.39 is 0 Å². The molecule has 0 aliphatic carbocycles. The van der Waals surface area contributed by atoms with Crippen molar-refractivity contribution in [2.75, 3.05) is 0 Å². The molecule has 130 valence electrons. The summed E-state index contributed by atoms with van der Waals surface area (Å²) in [6, 6.07) is 8.46. The lowest BCUT2D eigenvalue weighted by Crippen LogP contribution is -2.10. The summed E-state index contributed by atoms with van der Waals surface area (Å²) in [6.07, 6.45) is 3.57. The third-order valence-corrected chi connectivity index (χ3v) is 4.61. The topological polar surface area (TPSA) is 65.1 Å². The third kappa shape index (κ3) is 2.77. The lowest BCUT2D eigenvalue weighted by molar-refractivity contribution is 0.103. The zero-order valence-corrected chi connectivity index (χ0v) is 15.5. The number of carbonyl (C=O) groups excluding carboxylic acids is 1. The van der Waals surface area contributed by atoms with Gasteiger partial charge in [0.2, 0.25) is 5.78 Å². The van der Waals surface area contributed by atoms with Gasteiger partial charge in [0.1, 0.15) is 5.69 Å². The highest BCUT2D eigenvalue weighted by Gasteiger charge is 2.22. The minimum Gasteiger partial charge on any atom is -0.287 e. The van der Waals surface area contributed by atoms with E-state index in [4.69, 9.17) is 23.2 Å². The average Bonchev–Trinajstić information content (AvgIpc) is 3.18. The van der Waals surface area contributed by atoms with E-state index in [9.17, 15) is 4.79 Å². The summed E-state index contributed by atoms with van der Waals surface area (Å²) in [4.78, 5) is 17.5. The number of carbonyl (C=O) groups is 1. The van der Waals surface area contributed by atoms with Crippen LogP contribution in [0.15, 0.2) is 42.7 Å². The van der Waals surface area contributed by atoms with Crippen molar-refractivity contribution < 1.29 is 4.79 Å². The van der Waals surface area contributed by atoms with Crippen molar-refractivity contribution in [1.82, 2.24) is 24.4 Å². The molecule has 0 atom stereocenters. The Morgan fingerprint density at radius 1 is 1.15 bits per heavy atom. The van der Waals surface area contributed by atoms with Crippen LogP contribution in [-0.4, -0.2) is 30.2 Å². The van der Waals surface area contributed by atoms with Crippen LogP contribution >= 0.6 is 23.2 Å². The number of nitrogens with zero attached hydrogens (tertiary/aromatic N) is 5. The van der Waals surface area contributed by atoms with Crippen molar-refractivity contribution in [3.05, 3.63) is 69.7 Å². The molecule has 0 spiro atoms. The van der Waals surface area contributed by atoms with E-state index >= 15 is 0 Å². The maximum atomic E-state index is 13.1. The lowest BCUT2D eigenvalue weighted by Gasteiger charge is -2.06. The summed E-state index contributed by atoms with van der Waals surface area (Å²) in [5.74, 6) is -0.279. The molecule has 0 amide bonds. The number of halogens is 2. The van der Waals surface area contributed by atoms with Crippen LogP contribution in [-0.2, 0) is 7.05 Å². The lowest BCUT2D eigenvalue weighted by atomic mass is 10.1. The second-order valence-corrected chi connectivity index (χ2v) is 6.73. The van der Waals surface area contributed by atoms with Gasteiger partial charge in [-0.2, -0.15) is 10.2 Å². The van der Waals surface area contributed by atoms with Crippen LogP contribution in [0.4, 0.5) is 0 Å². The molecule has 0 fully saturated rings. The van der Waals surface area contributed by atoms with Gasteiger partial charge in [0.15, 0.2) is 5.65 Å². The Bertz CT molecular complexity index is 1160. The van der Waals surface area contributed by atoms with Crippen molar-refractivity contribution in [1.29, 1.82) is 0 Å². The van der Waals surface area contributed by atoms with Crippen molar-refractivity contribution in [2.24, 2.45) is 7.05 Å². The molecule has 26 heavy (non-hydrogen) atoms. The minimum absolute atomic E-state index is 0.279. The smallest absolute Gasteiger partial charge is 0.214 e. The van der Waals surface area contributed by atoms with E-state index in [-0.39, 0.29) is 5.78 Å². The van der Waals surface area contributed by atoms with Crippen LogP contribution in [0.2, 0.25) is 10.0 Å². The van der Waals surface area contributed by atoms with Crippen LogP contribution in [0.1, 0.15) is 21.7 Å². The Morgan fingerprint density at radius 3 is 2.69 bits per heavy atom. The molecule has 0 saturated carbocycles. The van der Waals surface area contributed by atoms with Gasteiger partial charge in [-0.1, -0.05) is 23.2 Å². The summed E-state index contributed by atoms with van der Waals surface area (Å²) < 4.78 is 3.23. The van der Waals surface area contributed by atoms with E-state index in [2.05, 4.69) is 15.2 Å². The van der Waals surface area contributed by atoms with E-state index in [0.717, 1.165) is 5.56 Å². The van der Waals surface area contributed by atoms with Crippen LogP contribution < -0.4 is 0 Å². The molecule has 0 unspecified atom stereocenters. The molecule has 3 heterocycles. The number of benzene rings is 1. The van der Waals surface area contributed by atoms with Crippen LogP contribution in [0.5, 0.6) is 0 Å². The fraction of sp³-hybridized carbons (Fsp3) is 0.111. The Morgan fingerprint density at radius 2 is 1.96 bits per heavy atom. The van der Waals surface area contributed by atoms with Gasteiger partial charge < -0.3 is 0 Å². The largest absolute Gasteiger partial charge is 0.287 e. The first-order valence-corrected chi connectivity index (χ1v) is 8.55. The van der Waals surface area contributed by atoms with Crippen LogP contribution in [0.3, 0.4) is 0 Å². The Hall–Kier alpha value is -2.70. The van der Waals surface area contributed by atoms with E-state index in [1.165, 1.54) is 4.52 Å². The molecule has 6 nitrogen and oxygen atoms in total. The summed E-state index contributed by atoms with van der Waals surface area (Å²) >= 11 is 12.2. The molecular weight excluding hydrogens is 373 g/mol. The molecule has 0 bridgehead atoms. The molecule has 3 aromatic heterocycles. The zero-order valence-electron chi connectivity index (χ0n) is 13.9. The SMILES string of the molecule is Cc1nc2ccc(-c3cnn(C)c3)nn2c1C(=O)c1cc(Cl)ccc1Cl. The molecule has 1 aromatic carbocycles. The fourth-order valence-electron chi connectivity index (χ4n) is 2.81. The molecule has 0 radical (unpaired) electrons. The van der Waals surface area contributed by atoms with Gasteiger partial charge in [-0.25, -0.2) is 9.50 Å². The zero-order chi connectivity index (χ0) is 18.4. The monoisotopic (exact) mass is 385 g/mol. The number of aryl methyl sites for hydroxylation is 2. The first kappa shape index (κ1) is 16.8. The van der Waals surface area contributed by atoms with Gasteiger partial charge in [-0.15, -0.1) is 0 Å². The quantitative estimate of drug-likeness (QED) is 0.500. The Balaban J connectivity index is 1.90. The first-order valence-electron chi connectivity index (χ1n) is 7.79. The average molecular weight is 386 g/mol. The second kappa shape index (κ2) is 6.23. The molecule has 0 N–H and O–H groups in total. The highest BCUT2D eigenvalue weighted by Crippen LogP contribution is 2.25. The number of ketones is 1. The molecule has 4 aromatic rings. The van der Waals surface area contributed by atoms with Gasteiger partial charge in [0.05, 0.1) is 22.6 Å². The van der Waals surface area contributed by atoms with Gasteiger partial charge in [0.25, 0.3) is 0 Å². The maximum absolute atomic E-state index is 13.1. The van der Waals surface area contributed by atoms with Gasteiger partial charge in [-0.3, -0.25) is 9.48 Å². The highest BCUT2D eigenvalue weighted by molar-refractivity contribution is 6.36. The molecule has 8 heteroatoms. The Kier molecular flexibility index (Phi) is 4.01. The van der Waals surface area contributed by atoms with Crippen molar-refractivity contribution in [3.63, 3.8) is 0 Å². The predicted molar refractivity (Wildman–Crippen MR) is 99.8 cm³/mol. The summed E-state index contributed by atoms with van der Waals surface area (Å²) in [6.45, 7) is 1.77. The van der Waals surface area contributed by atoms with E-state index in [1.54, 1.807) is 36.0 Å². The summed E-state index contributed by atoms with van der Waals surface area (Å²) in [5, 5.41) is 9.51. The van der Waals surface area contributed by atoms with Gasteiger partial charge in [0, 0.05) is 29.4 Å². The molecule has 0 saturated heterocycles. The third-order valence-electron chi connectivity index (χ3n) is 4.04. The predicted octanol–water partition coefficient (Wildman–Crippen LogP) is 3.98. The molecule has 4 rings (SSSR count). The maximum Gasteiger partial charge on any atom is 0.214 e. The number of hydrogen-bond acceptors (Lipinski definition) is 4. The number of rotatable bonds is 3. The minimum atomic E-state index is -0.279. The normalized spacial score (nSPS) is 11.2. The fourth-order valence-corrected chi connectivity index (χ4v) is 3.19. The first-order chi connectivity index (χ1) is 12.4. The number of imidazole rings is 1. The molecular formula is C18H13Cl2N5O. The summed E-state index contributed by atoms with van der Waals surface area (Å²) in [5.41, 5.74) is 3.36. The Labute approximate surface area is 159 Å². The van der Waals surface area contributed by atoms with E-state index in [1.807, 2.05) is 25.4 Å². The number of aromatic nitrogens is 5. The number of hydrogen-bond donors (Lipinski definition) is 0. The van der Waals surface area contributed by atoms with Crippen LogP contribution in [0, 0.1) is 6.92 Å². The van der Waals surface area contributed by atoms with Crippen molar-refractivity contribution in [3.8, 4) is 11.3 Å². The van der Waals surface area contributed by atoms with E-state index in [0.29, 0.717) is 38.3 Å². The van der Waals surface area contributed by atoms with Gasteiger partial charge >= 0.3 is 0 Å². The molecule has 0 aliphatic rings. The van der Waals surface area contributed by atoms with Crippen molar-refractivity contribution in [2.45, 2.75) is 6.92 Å². The number of fused-ring (bicyclic) bond motifs is 1. The second-order valence-electron chi connectivity index (χ2n) is 5.89. The highest BCUT2D eigenvalue weighted by atomic mass is 35.5. The standard InChI is InChI=1S/C18H13Cl2N5O/c1-10-17(18(26)13-7-12(19)3-4-14(13)20)25-16(22-10)6-5-15(23-25)11-8-21-24(2)9-11/h3-9H,1-2H3. The van der Waals surface area contributed by atoms with Crippen LogP contribution in [0.25, 0.3) is 16.9 Å². The molecule has 0 aliphatic heterocycles. The van der Waals surface area contributed by atoms with Crippen molar-refractivity contribution >= 4 is 34.6 Å². The summed E-state index contributed by atoms with van der Waals surface area (Å²) in [7, 11) is 1.83.